The fraction of sp³-hybridized carbons (Fsp3) is 0.455. The van der Waals surface area contributed by atoms with Crippen molar-refractivity contribution in [3.05, 3.63) is 30.0 Å². The zero-order chi connectivity index (χ0) is 13.5. The first kappa shape index (κ1) is 13.8. The van der Waals surface area contributed by atoms with Gasteiger partial charge >= 0.3 is 0 Å². The van der Waals surface area contributed by atoms with Crippen LogP contribution in [-0.2, 0) is 6.54 Å². The molecule has 0 amide bonds. The average Bonchev–Trinajstić information content (AvgIpc) is 2.89. The number of hydrogen-bond acceptors (Lipinski definition) is 8. The first-order chi connectivity index (χ1) is 9.24. The van der Waals surface area contributed by atoms with Gasteiger partial charge in [-0.3, -0.25) is 0 Å². The summed E-state index contributed by atoms with van der Waals surface area (Å²) in [6.07, 6.45) is 2.63. The van der Waals surface area contributed by atoms with Gasteiger partial charge in [0.05, 0.1) is 17.4 Å². The Labute approximate surface area is 115 Å². The normalized spacial score (nSPS) is 12.3. The van der Waals surface area contributed by atoms with Crippen molar-refractivity contribution >= 4 is 11.7 Å². The van der Waals surface area contributed by atoms with E-state index in [4.69, 9.17) is 4.74 Å². The molecule has 0 aromatic carbocycles. The zero-order valence-electron chi connectivity index (χ0n) is 10.5. The molecule has 0 saturated heterocycles. The molecular weight excluding hydrogens is 266 g/mol. The van der Waals surface area contributed by atoms with Gasteiger partial charge in [-0.1, -0.05) is 0 Å². The molecule has 2 heterocycles. The Hall–Kier alpha value is -1.64. The van der Waals surface area contributed by atoms with Crippen LogP contribution in [0.3, 0.4) is 0 Å². The number of aliphatic hydroxyl groups is 1. The quantitative estimate of drug-likeness (QED) is 0.747. The first-order valence-corrected chi connectivity index (χ1v) is 6.55. The molecule has 102 valence electrons. The van der Waals surface area contributed by atoms with E-state index in [-0.39, 0.29) is 6.61 Å². The average molecular weight is 281 g/mol. The molecule has 8 heteroatoms. The van der Waals surface area contributed by atoms with Crippen molar-refractivity contribution < 1.29 is 9.84 Å². The van der Waals surface area contributed by atoms with E-state index < -0.39 is 6.10 Å². The minimum Gasteiger partial charge on any atom is -0.473 e. The molecule has 2 aromatic heterocycles. The van der Waals surface area contributed by atoms with Crippen LogP contribution in [0, 0.1) is 6.92 Å². The highest BCUT2D eigenvalue weighted by Crippen LogP contribution is 2.05. The lowest BCUT2D eigenvalue weighted by Crippen LogP contribution is -2.31. The highest BCUT2D eigenvalue weighted by molar-refractivity contribution is 6.99. The lowest BCUT2D eigenvalue weighted by Gasteiger charge is -2.11. The van der Waals surface area contributed by atoms with E-state index in [1.165, 1.54) is 6.20 Å². The van der Waals surface area contributed by atoms with Crippen molar-refractivity contribution in [1.82, 2.24) is 24.0 Å². The summed E-state index contributed by atoms with van der Waals surface area (Å²) in [4.78, 5) is 8.27. The first-order valence-electron chi connectivity index (χ1n) is 5.81. The zero-order valence-corrected chi connectivity index (χ0v) is 11.3. The summed E-state index contributed by atoms with van der Waals surface area (Å²) >= 11 is 1.07. The van der Waals surface area contributed by atoms with Gasteiger partial charge in [0.25, 0.3) is 0 Å². The molecule has 19 heavy (non-hydrogen) atoms. The van der Waals surface area contributed by atoms with Crippen molar-refractivity contribution in [2.24, 2.45) is 0 Å². The van der Waals surface area contributed by atoms with Gasteiger partial charge in [-0.15, -0.1) is 4.37 Å². The van der Waals surface area contributed by atoms with E-state index in [1.807, 2.05) is 13.0 Å². The summed E-state index contributed by atoms with van der Waals surface area (Å²) < 4.78 is 12.9. The molecule has 7 nitrogen and oxygen atoms in total. The predicted octanol–water partition coefficient (Wildman–Crippen LogP) is 0.166. The lowest BCUT2D eigenvalue weighted by atomic mass is 10.3. The summed E-state index contributed by atoms with van der Waals surface area (Å²) in [5.41, 5.74) is 0.893. The fourth-order valence-electron chi connectivity index (χ4n) is 1.43. The molecule has 0 spiro atoms. The third-order valence-electron chi connectivity index (χ3n) is 2.28. The van der Waals surface area contributed by atoms with Gasteiger partial charge in [-0.2, -0.15) is 4.37 Å². The lowest BCUT2D eigenvalue weighted by molar-refractivity contribution is 0.104. The maximum atomic E-state index is 9.72. The fourth-order valence-corrected chi connectivity index (χ4v) is 1.80. The number of aryl methyl sites for hydroxylation is 1. The second-order valence-corrected chi connectivity index (χ2v) is 4.49. The number of aromatic nitrogens is 4. The van der Waals surface area contributed by atoms with Crippen LogP contribution in [-0.4, -0.2) is 43.1 Å². The molecule has 0 fully saturated rings. The second kappa shape index (κ2) is 7.07. The van der Waals surface area contributed by atoms with Crippen LogP contribution in [0.15, 0.2) is 18.5 Å². The van der Waals surface area contributed by atoms with Crippen LogP contribution in [0.25, 0.3) is 0 Å². The standard InChI is InChI=1S/C11H15N5O2S/c1-8-13-3-2-9(15-8)4-12-5-10(17)7-18-11-6-14-19-16-11/h2-3,6,10,12,17H,4-5,7H2,1H3. The number of hydrogen-bond donors (Lipinski definition) is 2. The molecule has 2 N–H and O–H groups in total. The third kappa shape index (κ3) is 4.86. The molecular formula is C11H15N5O2S. The Kier molecular flexibility index (Phi) is 5.13. The summed E-state index contributed by atoms with van der Waals surface area (Å²) in [6.45, 7) is 3.02. The summed E-state index contributed by atoms with van der Waals surface area (Å²) in [7, 11) is 0. The molecule has 2 rings (SSSR count). The number of nitrogens with zero attached hydrogens (tertiary/aromatic N) is 4. The Morgan fingerprint density at radius 1 is 1.53 bits per heavy atom. The smallest absolute Gasteiger partial charge is 0.245 e. The monoisotopic (exact) mass is 281 g/mol. The predicted molar refractivity (Wildman–Crippen MR) is 69.9 cm³/mol. The van der Waals surface area contributed by atoms with Gasteiger partial charge in [-0.05, 0) is 13.0 Å². The van der Waals surface area contributed by atoms with E-state index >= 15 is 0 Å². The molecule has 0 bridgehead atoms. The third-order valence-corrected chi connectivity index (χ3v) is 2.75. The summed E-state index contributed by atoms with van der Waals surface area (Å²) in [6, 6.07) is 1.84. The largest absolute Gasteiger partial charge is 0.473 e. The number of aliphatic hydroxyl groups excluding tert-OH is 1. The van der Waals surface area contributed by atoms with E-state index in [2.05, 4.69) is 24.0 Å². The number of nitrogens with one attached hydrogen (secondary N) is 1. The van der Waals surface area contributed by atoms with Crippen LogP contribution >= 0.6 is 11.7 Å². The van der Waals surface area contributed by atoms with Gasteiger partial charge in [0.1, 0.15) is 24.7 Å². The Balaban J connectivity index is 1.65. The van der Waals surface area contributed by atoms with Gasteiger partial charge < -0.3 is 15.2 Å². The minimum atomic E-state index is -0.607. The van der Waals surface area contributed by atoms with Crippen molar-refractivity contribution in [2.75, 3.05) is 13.2 Å². The van der Waals surface area contributed by atoms with Crippen LogP contribution in [0.1, 0.15) is 11.5 Å². The molecule has 1 unspecified atom stereocenters. The Morgan fingerprint density at radius 3 is 3.16 bits per heavy atom. The van der Waals surface area contributed by atoms with Gasteiger partial charge in [-0.25, -0.2) is 9.97 Å². The molecule has 0 aliphatic heterocycles. The molecule has 0 radical (unpaired) electrons. The molecule has 0 aliphatic carbocycles. The number of rotatable bonds is 7. The highest BCUT2D eigenvalue weighted by Gasteiger charge is 2.06. The van der Waals surface area contributed by atoms with Gasteiger partial charge in [0, 0.05) is 19.3 Å². The molecule has 2 aromatic rings. The Morgan fingerprint density at radius 2 is 2.42 bits per heavy atom. The van der Waals surface area contributed by atoms with Crippen molar-refractivity contribution in [3.8, 4) is 5.88 Å². The van der Waals surface area contributed by atoms with E-state index in [9.17, 15) is 5.11 Å². The van der Waals surface area contributed by atoms with E-state index in [0.29, 0.717) is 19.0 Å². The maximum absolute atomic E-state index is 9.72. The SMILES string of the molecule is Cc1nccc(CNCC(O)COc2cnsn2)n1. The second-order valence-electron chi connectivity index (χ2n) is 3.94. The Bertz CT molecular complexity index is 494. The van der Waals surface area contributed by atoms with Gasteiger partial charge in [0.2, 0.25) is 5.88 Å². The summed E-state index contributed by atoms with van der Waals surface area (Å²) in [5.74, 6) is 1.18. The van der Waals surface area contributed by atoms with E-state index in [0.717, 1.165) is 23.2 Å². The topological polar surface area (TPSA) is 93.1 Å². The molecule has 0 saturated carbocycles. The van der Waals surface area contributed by atoms with Crippen LogP contribution in [0.4, 0.5) is 0 Å². The highest BCUT2D eigenvalue weighted by atomic mass is 32.1. The summed E-state index contributed by atoms with van der Waals surface area (Å²) in [5, 5.41) is 12.8. The van der Waals surface area contributed by atoms with Crippen LogP contribution < -0.4 is 10.1 Å². The molecule has 1 atom stereocenters. The van der Waals surface area contributed by atoms with Crippen LogP contribution in [0.5, 0.6) is 5.88 Å². The van der Waals surface area contributed by atoms with E-state index in [1.54, 1.807) is 6.20 Å². The van der Waals surface area contributed by atoms with Crippen molar-refractivity contribution in [2.45, 2.75) is 19.6 Å². The maximum Gasteiger partial charge on any atom is 0.245 e. The van der Waals surface area contributed by atoms with Crippen molar-refractivity contribution in [3.63, 3.8) is 0 Å². The van der Waals surface area contributed by atoms with Crippen molar-refractivity contribution in [1.29, 1.82) is 0 Å². The molecule has 0 aliphatic rings. The number of ether oxygens (including phenoxy) is 1. The minimum absolute atomic E-state index is 0.182. The van der Waals surface area contributed by atoms with Crippen LogP contribution in [0.2, 0.25) is 0 Å². The van der Waals surface area contributed by atoms with Gasteiger partial charge in [0.15, 0.2) is 0 Å².